The highest BCUT2D eigenvalue weighted by Crippen LogP contribution is 2.47. The molecule has 0 amide bonds. The minimum absolute atomic E-state index is 0.356. The predicted octanol–water partition coefficient (Wildman–Crippen LogP) is 4.70. The molecule has 0 bridgehead atoms. The Balaban J connectivity index is 2.00. The fourth-order valence-electron chi connectivity index (χ4n) is 2.51. The molecule has 0 saturated heterocycles. The molecule has 0 saturated carbocycles. The Morgan fingerprint density at radius 2 is 1.50 bits per heavy atom. The van der Waals surface area contributed by atoms with E-state index < -0.39 is 7.92 Å². The van der Waals surface area contributed by atoms with Crippen molar-refractivity contribution >= 4 is 34.5 Å². The molecule has 2 aromatic rings. The van der Waals surface area contributed by atoms with Crippen molar-refractivity contribution in [2.75, 3.05) is 7.11 Å². The van der Waals surface area contributed by atoms with E-state index in [1.807, 2.05) is 0 Å². The van der Waals surface area contributed by atoms with E-state index >= 15 is 0 Å². The summed E-state index contributed by atoms with van der Waals surface area (Å²) in [5.41, 5.74) is 0. The van der Waals surface area contributed by atoms with Crippen LogP contribution in [0.15, 0.2) is 84.2 Å². The van der Waals surface area contributed by atoms with Gasteiger partial charge in [0.25, 0.3) is 0 Å². The zero-order valence-electron chi connectivity index (χ0n) is 12.4. The van der Waals surface area contributed by atoms with Crippen LogP contribution in [0.3, 0.4) is 0 Å². The third-order valence-corrected chi connectivity index (χ3v) is 7.11. The number of alkyl halides is 1. The summed E-state index contributed by atoms with van der Waals surface area (Å²) in [5, 5.41) is 4.12. The Morgan fingerprint density at radius 1 is 0.955 bits per heavy atom. The first-order valence-electron chi connectivity index (χ1n) is 7.25. The van der Waals surface area contributed by atoms with Crippen LogP contribution >= 0.6 is 23.9 Å². The van der Waals surface area contributed by atoms with Gasteiger partial charge in [0.1, 0.15) is 4.51 Å². The minimum Gasteiger partial charge on any atom is -0.363 e. The van der Waals surface area contributed by atoms with E-state index in [4.69, 9.17) is 4.74 Å². The smallest absolute Gasteiger partial charge is 0.144 e. The van der Waals surface area contributed by atoms with Crippen LogP contribution in [0, 0.1) is 0 Å². The number of allylic oxidation sites excluding steroid dienone is 2. The summed E-state index contributed by atoms with van der Waals surface area (Å²) in [7, 11) is 1.21. The molecular formula is C19H18BrOP. The van der Waals surface area contributed by atoms with Gasteiger partial charge in [-0.05, 0) is 45.9 Å². The molecule has 1 aliphatic rings. The lowest BCUT2D eigenvalue weighted by Crippen LogP contribution is -2.22. The first kappa shape index (κ1) is 15.7. The molecular weight excluding hydrogens is 355 g/mol. The zero-order chi connectivity index (χ0) is 15.4. The second kappa shape index (κ2) is 6.91. The maximum absolute atomic E-state index is 5.51. The maximum Gasteiger partial charge on any atom is 0.144 e. The van der Waals surface area contributed by atoms with Crippen molar-refractivity contribution in [3.8, 4) is 0 Å². The van der Waals surface area contributed by atoms with Gasteiger partial charge in [-0.2, -0.15) is 0 Å². The number of hydrogen-bond donors (Lipinski definition) is 0. The van der Waals surface area contributed by atoms with Crippen molar-refractivity contribution in [3.05, 3.63) is 84.2 Å². The average Bonchev–Trinajstić information content (AvgIpc) is 2.59. The fraction of sp³-hybridized carbons (Fsp3) is 0.158. The van der Waals surface area contributed by atoms with Crippen molar-refractivity contribution in [2.24, 2.45) is 0 Å². The number of hydrogen-bond acceptors (Lipinski definition) is 1. The Bertz CT molecular complexity index is 642. The molecule has 22 heavy (non-hydrogen) atoms. The quantitative estimate of drug-likeness (QED) is 0.558. The highest BCUT2D eigenvalue weighted by atomic mass is 79.9. The summed E-state index contributed by atoms with van der Waals surface area (Å²) in [5.74, 6) is 0. The first-order chi connectivity index (χ1) is 10.7. The van der Waals surface area contributed by atoms with Crippen molar-refractivity contribution in [3.63, 3.8) is 0 Å². The topological polar surface area (TPSA) is 9.23 Å². The van der Waals surface area contributed by atoms with Gasteiger partial charge in [0.2, 0.25) is 0 Å². The number of methoxy groups -OCH3 is 1. The van der Waals surface area contributed by atoms with Crippen molar-refractivity contribution in [1.29, 1.82) is 0 Å². The zero-order valence-corrected chi connectivity index (χ0v) is 14.9. The highest BCUT2D eigenvalue weighted by molar-refractivity contribution is 9.10. The van der Waals surface area contributed by atoms with Crippen LogP contribution in [-0.4, -0.2) is 11.6 Å². The number of rotatable bonds is 4. The Kier molecular flexibility index (Phi) is 4.93. The van der Waals surface area contributed by atoms with Crippen LogP contribution in [0.25, 0.3) is 0 Å². The first-order valence-corrected chi connectivity index (χ1v) is 9.39. The largest absolute Gasteiger partial charge is 0.363 e. The van der Waals surface area contributed by atoms with Gasteiger partial charge in [-0.1, -0.05) is 72.8 Å². The van der Waals surface area contributed by atoms with E-state index in [0.717, 1.165) is 6.42 Å². The van der Waals surface area contributed by atoms with Gasteiger partial charge < -0.3 is 4.74 Å². The van der Waals surface area contributed by atoms with E-state index in [1.165, 1.54) is 15.9 Å². The lowest BCUT2D eigenvalue weighted by Gasteiger charge is -2.28. The van der Waals surface area contributed by atoms with Crippen LogP contribution in [0.2, 0.25) is 0 Å². The molecule has 0 aromatic heterocycles. The van der Waals surface area contributed by atoms with E-state index in [2.05, 4.69) is 94.8 Å². The van der Waals surface area contributed by atoms with Crippen LogP contribution in [0.1, 0.15) is 6.42 Å². The van der Waals surface area contributed by atoms with Crippen molar-refractivity contribution < 1.29 is 4.74 Å². The Labute approximate surface area is 141 Å². The summed E-state index contributed by atoms with van der Waals surface area (Å²) in [6.45, 7) is 0. The van der Waals surface area contributed by atoms with E-state index in [1.54, 1.807) is 7.11 Å². The molecule has 1 atom stereocenters. The van der Waals surface area contributed by atoms with Gasteiger partial charge in [-0.3, -0.25) is 0 Å². The molecule has 0 heterocycles. The molecule has 1 aliphatic carbocycles. The lowest BCUT2D eigenvalue weighted by molar-refractivity contribution is 0.119. The highest BCUT2D eigenvalue weighted by Gasteiger charge is 2.27. The monoisotopic (exact) mass is 372 g/mol. The second-order valence-electron chi connectivity index (χ2n) is 5.16. The van der Waals surface area contributed by atoms with Gasteiger partial charge in [-0.25, -0.2) is 0 Å². The normalized spacial score (nSPS) is 21.0. The average molecular weight is 373 g/mol. The van der Waals surface area contributed by atoms with Gasteiger partial charge in [0.05, 0.1) is 0 Å². The SMILES string of the molecule is COC1(Br)C=CC(P(c2ccccc2)c2ccccc2)=CC1. The Morgan fingerprint density at radius 3 is 1.91 bits per heavy atom. The molecule has 3 heteroatoms. The molecule has 1 nitrogen and oxygen atoms in total. The molecule has 1 unspecified atom stereocenters. The molecule has 0 fully saturated rings. The summed E-state index contributed by atoms with van der Waals surface area (Å²) in [6.07, 6.45) is 7.45. The fourth-order valence-corrected chi connectivity index (χ4v) is 5.13. The summed E-state index contributed by atoms with van der Waals surface area (Å²) in [6, 6.07) is 21.5. The number of halogens is 1. The predicted molar refractivity (Wildman–Crippen MR) is 99.6 cm³/mol. The van der Waals surface area contributed by atoms with Gasteiger partial charge >= 0.3 is 0 Å². The van der Waals surface area contributed by atoms with Gasteiger partial charge in [0.15, 0.2) is 0 Å². The third kappa shape index (κ3) is 3.41. The minimum atomic E-state index is -0.518. The van der Waals surface area contributed by atoms with E-state index in [-0.39, 0.29) is 4.51 Å². The van der Waals surface area contributed by atoms with Crippen molar-refractivity contribution in [1.82, 2.24) is 0 Å². The number of ether oxygens (including phenoxy) is 1. The molecule has 0 aliphatic heterocycles. The van der Waals surface area contributed by atoms with Gasteiger partial charge in [0, 0.05) is 13.5 Å². The molecule has 3 rings (SSSR count). The maximum atomic E-state index is 5.51. The van der Waals surface area contributed by atoms with Crippen LogP contribution in [-0.2, 0) is 4.74 Å². The summed E-state index contributed by atoms with van der Waals surface area (Å²) >= 11 is 3.64. The van der Waals surface area contributed by atoms with Crippen LogP contribution < -0.4 is 10.6 Å². The molecule has 0 spiro atoms. The Hall–Kier alpha value is -1.21. The van der Waals surface area contributed by atoms with Crippen LogP contribution in [0.4, 0.5) is 0 Å². The molecule has 2 aromatic carbocycles. The molecule has 0 N–H and O–H groups in total. The van der Waals surface area contributed by atoms with Crippen molar-refractivity contribution in [2.45, 2.75) is 10.9 Å². The summed E-state index contributed by atoms with van der Waals surface area (Å²) in [4.78, 5) is 0. The molecule has 0 radical (unpaired) electrons. The van der Waals surface area contributed by atoms with E-state index in [9.17, 15) is 0 Å². The standard InChI is InChI=1S/C19H18BrOP/c1-21-19(20)14-12-18(13-15-19)22(16-8-4-2-5-9-16)17-10-6-3-7-11-17/h2-14H,15H2,1H3. The number of benzene rings is 2. The third-order valence-electron chi connectivity index (χ3n) is 3.72. The lowest BCUT2D eigenvalue weighted by atomic mass is 10.1. The second-order valence-corrected chi connectivity index (χ2v) is 8.73. The van der Waals surface area contributed by atoms with Crippen LogP contribution in [0.5, 0.6) is 0 Å². The summed E-state index contributed by atoms with van der Waals surface area (Å²) < 4.78 is 5.15. The molecule has 112 valence electrons. The van der Waals surface area contributed by atoms with E-state index in [0.29, 0.717) is 0 Å². The van der Waals surface area contributed by atoms with Gasteiger partial charge in [-0.15, -0.1) is 0 Å².